The highest BCUT2D eigenvalue weighted by molar-refractivity contribution is 6.27. The van der Waals surface area contributed by atoms with Crippen LogP contribution in [0.2, 0.25) is 0 Å². The molecule has 0 unspecified atom stereocenters. The monoisotopic (exact) mass is 99.0 g/mol. The topological polar surface area (TPSA) is 38.7 Å². The number of nitrogens with zero attached hydrogens (tertiary/aromatic N) is 1. The maximum Gasteiger partial charge on any atom is 0.180 e. The van der Waals surface area contributed by atoms with Crippen LogP contribution in [0.15, 0.2) is 5.16 Å². The van der Waals surface area contributed by atoms with Gasteiger partial charge in [-0.3, -0.25) is 4.79 Å². The summed E-state index contributed by atoms with van der Waals surface area (Å²) in [5.74, 6) is 0.0475. The number of carbonyl (C=O) groups excluding carboxylic acids is 1. The summed E-state index contributed by atoms with van der Waals surface area (Å²) in [5.41, 5.74) is 0. The zero-order valence-corrected chi connectivity index (χ0v) is 3.76. The average Bonchev–Trinajstić information content (AvgIpc) is 1.69. The molecule has 0 aliphatic carbocycles. The van der Waals surface area contributed by atoms with E-state index in [4.69, 9.17) is 0 Å². The summed E-state index contributed by atoms with van der Waals surface area (Å²) in [6, 6.07) is 0. The van der Waals surface area contributed by atoms with E-state index in [1.807, 2.05) is 0 Å². The van der Waals surface area contributed by atoms with E-state index in [-0.39, 0.29) is 5.78 Å². The maximum atomic E-state index is 10.2. The molecular formula is C4H5NO2. The fourth-order valence-corrected chi connectivity index (χ4v) is 0.360. The van der Waals surface area contributed by atoms with Gasteiger partial charge in [-0.25, -0.2) is 0 Å². The lowest BCUT2D eigenvalue weighted by atomic mass is 10.3. The molecule has 0 spiro atoms. The van der Waals surface area contributed by atoms with Crippen LogP contribution in [0.4, 0.5) is 0 Å². The first kappa shape index (κ1) is 4.30. The minimum Gasteiger partial charge on any atom is -0.395 e. The molecule has 7 heavy (non-hydrogen) atoms. The van der Waals surface area contributed by atoms with Gasteiger partial charge in [-0.2, -0.15) is 0 Å². The number of hydrogen-bond acceptors (Lipinski definition) is 3. The molecule has 0 aromatic rings. The van der Waals surface area contributed by atoms with Gasteiger partial charge in [0.1, 0.15) is 12.8 Å². The van der Waals surface area contributed by atoms with E-state index in [1.165, 1.54) is 6.21 Å². The van der Waals surface area contributed by atoms with Crippen LogP contribution in [0.25, 0.3) is 0 Å². The van der Waals surface area contributed by atoms with Crippen molar-refractivity contribution in [3.05, 3.63) is 0 Å². The average molecular weight is 99.1 g/mol. The summed E-state index contributed by atoms with van der Waals surface area (Å²) in [7, 11) is 0. The van der Waals surface area contributed by atoms with Crippen LogP contribution in [-0.4, -0.2) is 18.6 Å². The summed E-state index contributed by atoms with van der Waals surface area (Å²) in [5, 5.41) is 3.28. The maximum absolute atomic E-state index is 10.2. The highest BCUT2D eigenvalue weighted by atomic mass is 16.6. The van der Waals surface area contributed by atoms with E-state index in [9.17, 15) is 4.79 Å². The van der Waals surface area contributed by atoms with E-state index in [1.54, 1.807) is 0 Å². The lowest BCUT2D eigenvalue weighted by molar-refractivity contribution is -0.114. The molecule has 1 aliphatic heterocycles. The van der Waals surface area contributed by atoms with Crippen LogP contribution in [0.3, 0.4) is 0 Å². The molecule has 3 nitrogen and oxygen atoms in total. The quantitative estimate of drug-likeness (QED) is 0.427. The van der Waals surface area contributed by atoms with Gasteiger partial charge in [-0.15, -0.1) is 0 Å². The van der Waals surface area contributed by atoms with Crippen molar-refractivity contribution in [1.82, 2.24) is 0 Å². The number of hydrogen-bond donors (Lipinski definition) is 0. The summed E-state index contributed by atoms with van der Waals surface area (Å²) >= 11 is 0. The Morgan fingerprint density at radius 3 is 3.00 bits per heavy atom. The third-order valence-corrected chi connectivity index (χ3v) is 0.711. The normalized spacial score (nSPS) is 19.1. The number of oxime groups is 1. The molecule has 0 amide bonds. The smallest absolute Gasteiger partial charge is 0.180 e. The first-order chi connectivity index (χ1) is 3.39. The minimum atomic E-state index is 0.0475. The number of ketones is 1. The van der Waals surface area contributed by atoms with Crippen LogP contribution < -0.4 is 0 Å². The standard InChI is InChI=1S/C4H5NO2/c6-4-1-2-7-5-3-4/h3H,1-2H2. The van der Waals surface area contributed by atoms with Gasteiger partial charge in [0.15, 0.2) is 5.78 Å². The molecule has 1 aliphatic rings. The summed E-state index contributed by atoms with van der Waals surface area (Å²) in [4.78, 5) is 14.7. The molecule has 1 rings (SSSR count). The fourth-order valence-electron chi connectivity index (χ4n) is 0.360. The second-order valence-electron chi connectivity index (χ2n) is 1.28. The Morgan fingerprint density at radius 1 is 1.86 bits per heavy atom. The van der Waals surface area contributed by atoms with Crippen LogP contribution in [0, 0.1) is 0 Å². The lowest BCUT2D eigenvalue weighted by Crippen LogP contribution is -2.08. The van der Waals surface area contributed by atoms with Crippen molar-refractivity contribution in [3.63, 3.8) is 0 Å². The van der Waals surface area contributed by atoms with Gasteiger partial charge in [0, 0.05) is 6.42 Å². The molecule has 1 heterocycles. The van der Waals surface area contributed by atoms with Crippen LogP contribution in [0.1, 0.15) is 6.42 Å². The van der Waals surface area contributed by atoms with Gasteiger partial charge in [-0.1, -0.05) is 5.16 Å². The summed E-state index contributed by atoms with van der Waals surface area (Å²) in [6.45, 7) is 0.440. The molecule has 0 saturated carbocycles. The Labute approximate surface area is 41.0 Å². The van der Waals surface area contributed by atoms with Gasteiger partial charge in [0.25, 0.3) is 0 Å². The molecule has 0 N–H and O–H groups in total. The van der Waals surface area contributed by atoms with Crippen LogP contribution in [-0.2, 0) is 9.63 Å². The number of Topliss-reactive ketones (excluding diaryl/α,β-unsaturated/α-hetero) is 1. The Balaban J connectivity index is 2.51. The molecule has 38 valence electrons. The van der Waals surface area contributed by atoms with Crippen molar-refractivity contribution in [3.8, 4) is 0 Å². The van der Waals surface area contributed by atoms with Gasteiger partial charge < -0.3 is 4.84 Å². The van der Waals surface area contributed by atoms with Crippen molar-refractivity contribution in [2.24, 2.45) is 5.16 Å². The Hall–Kier alpha value is -0.860. The SMILES string of the molecule is O=C1C=NOCC1. The predicted octanol–water partition coefficient (Wildman–Crippen LogP) is -0.0384. The first-order valence-corrected chi connectivity index (χ1v) is 2.08. The number of rotatable bonds is 0. The second-order valence-corrected chi connectivity index (χ2v) is 1.28. The van der Waals surface area contributed by atoms with E-state index in [0.717, 1.165) is 0 Å². The third-order valence-electron chi connectivity index (χ3n) is 0.711. The molecule has 0 saturated heterocycles. The summed E-state index contributed by atoms with van der Waals surface area (Å²) in [6.07, 6.45) is 1.67. The molecule has 0 atom stereocenters. The van der Waals surface area contributed by atoms with E-state index in [2.05, 4.69) is 9.99 Å². The van der Waals surface area contributed by atoms with E-state index in [0.29, 0.717) is 13.0 Å². The minimum absolute atomic E-state index is 0.0475. The van der Waals surface area contributed by atoms with Crippen molar-refractivity contribution >= 4 is 12.0 Å². The molecular weight excluding hydrogens is 94.0 g/mol. The Kier molecular flexibility index (Phi) is 1.06. The van der Waals surface area contributed by atoms with Crippen molar-refractivity contribution < 1.29 is 9.63 Å². The molecule has 0 radical (unpaired) electrons. The van der Waals surface area contributed by atoms with Gasteiger partial charge >= 0.3 is 0 Å². The lowest BCUT2D eigenvalue weighted by Gasteiger charge is -1.99. The molecule has 0 bridgehead atoms. The highest BCUT2D eigenvalue weighted by Gasteiger charge is 2.01. The highest BCUT2D eigenvalue weighted by Crippen LogP contribution is 1.89. The second kappa shape index (κ2) is 1.73. The molecule has 3 heteroatoms. The van der Waals surface area contributed by atoms with Crippen LogP contribution >= 0.6 is 0 Å². The van der Waals surface area contributed by atoms with Gasteiger partial charge in [0.05, 0.1) is 0 Å². The molecule has 0 aromatic heterocycles. The fraction of sp³-hybridized carbons (Fsp3) is 0.500. The van der Waals surface area contributed by atoms with E-state index < -0.39 is 0 Å². The summed E-state index contributed by atoms with van der Waals surface area (Å²) < 4.78 is 0. The Morgan fingerprint density at radius 2 is 2.71 bits per heavy atom. The van der Waals surface area contributed by atoms with Crippen molar-refractivity contribution in [2.45, 2.75) is 6.42 Å². The van der Waals surface area contributed by atoms with Gasteiger partial charge in [-0.05, 0) is 0 Å². The largest absolute Gasteiger partial charge is 0.395 e. The first-order valence-electron chi connectivity index (χ1n) is 2.08. The molecule has 0 fully saturated rings. The third kappa shape index (κ3) is 0.994. The number of carbonyl (C=O) groups is 1. The van der Waals surface area contributed by atoms with Crippen molar-refractivity contribution in [1.29, 1.82) is 0 Å². The van der Waals surface area contributed by atoms with Gasteiger partial charge in [0.2, 0.25) is 0 Å². The predicted molar refractivity (Wildman–Crippen MR) is 24.1 cm³/mol. The zero-order valence-electron chi connectivity index (χ0n) is 3.76. The van der Waals surface area contributed by atoms with Crippen molar-refractivity contribution in [2.75, 3.05) is 6.61 Å². The zero-order chi connectivity index (χ0) is 5.11. The molecule has 0 aromatic carbocycles. The van der Waals surface area contributed by atoms with E-state index >= 15 is 0 Å². The Bertz CT molecular complexity index is 108. The van der Waals surface area contributed by atoms with Crippen LogP contribution in [0.5, 0.6) is 0 Å².